The van der Waals surface area contributed by atoms with Crippen LogP contribution in [0.4, 0.5) is 5.69 Å². The fourth-order valence-electron chi connectivity index (χ4n) is 1.97. The number of benzene rings is 1. The van der Waals surface area contributed by atoms with Gasteiger partial charge in [-0.15, -0.1) is 11.3 Å². The van der Waals surface area contributed by atoms with Crippen molar-refractivity contribution in [3.05, 3.63) is 27.5 Å². The molecule has 3 N–H and O–H groups in total. The van der Waals surface area contributed by atoms with Gasteiger partial charge < -0.3 is 16.0 Å². The SMILES string of the molecule is CC(NC(=O)c1sc2ccc(Br)cc2c1N)C(=O)N(C)C. The molecule has 2 aromatic rings. The molecule has 0 spiro atoms. The maximum absolute atomic E-state index is 12.3. The fourth-order valence-corrected chi connectivity index (χ4v) is 3.34. The van der Waals surface area contributed by atoms with Gasteiger partial charge >= 0.3 is 0 Å². The van der Waals surface area contributed by atoms with Gasteiger partial charge in [-0.1, -0.05) is 15.9 Å². The molecule has 0 saturated heterocycles. The number of thiophene rings is 1. The summed E-state index contributed by atoms with van der Waals surface area (Å²) in [4.78, 5) is 26.0. The molecule has 7 heteroatoms. The zero-order valence-electron chi connectivity index (χ0n) is 11.9. The highest BCUT2D eigenvalue weighted by Crippen LogP contribution is 2.35. The second-order valence-corrected chi connectivity index (χ2v) is 6.88. The Morgan fingerprint density at radius 3 is 2.67 bits per heavy atom. The molecular weight excluding hydrogens is 354 g/mol. The lowest BCUT2D eigenvalue weighted by atomic mass is 10.2. The molecule has 0 aliphatic heterocycles. The average Bonchev–Trinajstić information content (AvgIpc) is 2.75. The number of likely N-dealkylation sites (N-methyl/N-ethyl adjacent to an activating group) is 1. The predicted octanol–water partition coefficient (Wildman–Crippen LogP) is 2.45. The Labute approximate surface area is 135 Å². The zero-order valence-corrected chi connectivity index (χ0v) is 14.3. The maximum atomic E-state index is 12.3. The Morgan fingerprint density at radius 1 is 1.38 bits per heavy atom. The molecule has 1 atom stereocenters. The van der Waals surface area contributed by atoms with E-state index in [4.69, 9.17) is 5.73 Å². The van der Waals surface area contributed by atoms with Crippen molar-refractivity contribution in [3.63, 3.8) is 0 Å². The Bertz CT molecular complexity index is 712. The third-order valence-corrected chi connectivity index (χ3v) is 4.73. The molecule has 0 bridgehead atoms. The summed E-state index contributed by atoms with van der Waals surface area (Å²) in [5, 5.41) is 3.52. The number of rotatable bonds is 3. The topological polar surface area (TPSA) is 75.4 Å². The van der Waals surface area contributed by atoms with Crippen LogP contribution in [0, 0.1) is 0 Å². The van der Waals surface area contributed by atoms with Crippen molar-refractivity contribution in [1.82, 2.24) is 10.2 Å². The van der Waals surface area contributed by atoms with Gasteiger partial charge in [0, 0.05) is 28.7 Å². The van der Waals surface area contributed by atoms with Crippen LogP contribution >= 0.6 is 27.3 Å². The molecule has 1 unspecified atom stereocenters. The first-order chi connectivity index (χ1) is 9.81. The Kier molecular flexibility index (Phi) is 4.53. The number of fused-ring (bicyclic) bond motifs is 1. The maximum Gasteiger partial charge on any atom is 0.264 e. The highest BCUT2D eigenvalue weighted by molar-refractivity contribution is 9.10. The van der Waals surface area contributed by atoms with E-state index in [-0.39, 0.29) is 11.8 Å². The minimum atomic E-state index is -0.594. The monoisotopic (exact) mass is 369 g/mol. The van der Waals surface area contributed by atoms with Gasteiger partial charge in [0.1, 0.15) is 10.9 Å². The first kappa shape index (κ1) is 15.8. The zero-order chi connectivity index (χ0) is 15.7. The summed E-state index contributed by atoms with van der Waals surface area (Å²) in [6.45, 7) is 1.65. The lowest BCUT2D eigenvalue weighted by Gasteiger charge is -2.17. The molecule has 1 heterocycles. The highest BCUT2D eigenvalue weighted by atomic mass is 79.9. The van der Waals surface area contributed by atoms with E-state index >= 15 is 0 Å². The van der Waals surface area contributed by atoms with E-state index in [1.54, 1.807) is 21.0 Å². The lowest BCUT2D eigenvalue weighted by molar-refractivity contribution is -0.130. The Morgan fingerprint density at radius 2 is 2.05 bits per heavy atom. The van der Waals surface area contributed by atoms with Crippen LogP contribution in [0.25, 0.3) is 10.1 Å². The number of nitrogens with zero attached hydrogens (tertiary/aromatic N) is 1. The quantitative estimate of drug-likeness (QED) is 0.872. The largest absolute Gasteiger partial charge is 0.397 e. The molecule has 1 aromatic heterocycles. The smallest absolute Gasteiger partial charge is 0.264 e. The predicted molar refractivity (Wildman–Crippen MR) is 89.6 cm³/mol. The summed E-state index contributed by atoms with van der Waals surface area (Å²) in [5.74, 6) is -0.488. The minimum Gasteiger partial charge on any atom is -0.397 e. The molecule has 0 aliphatic rings. The van der Waals surface area contributed by atoms with Gasteiger partial charge in [-0.25, -0.2) is 0 Å². The molecular formula is C14H16BrN3O2S. The van der Waals surface area contributed by atoms with Crippen molar-refractivity contribution in [2.45, 2.75) is 13.0 Å². The molecule has 0 fully saturated rings. The summed E-state index contributed by atoms with van der Waals surface area (Å²) >= 11 is 4.71. The highest BCUT2D eigenvalue weighted by Gasteiger charge is 2.21. The number of nitrogens with two attached hydrogens (primary N) is 1. The number of nitrogens with one attached hydrogen (secondary N) is 1. The number of halogens is 1. The number of hydrogen-bond acceptors (Lipinski definition) is 4. The van der Waals surface area contributed by atoms with E-state index in [0.717, 1.165) is 14.6 Å². The minimum absolute atomic E-state index is 0.161. The van der Waals surface area contributed by atoms with Crippen LogP contribution in [0.2, 0.25) is 0 Å². The van der Waals surface area contributed by atoms with Crippen LogP contribution in [0.15, 0.2) is 22.7 Å². The molecule has 0 saturated carbocycles. The summed E-state index contributed by atoms with van der Waals surface area (Å²) in [7, 11) is 3.30. The summed E-state index contributed by atoms with van der Waals surface area (Å²) < 4.78 is 1.84. The molecule has 1 aromatic carbocycles. The molecule has 0 aliphatic carbocycles. The number of nitrogen functional groups attached to an aromatic ring is 1. The number of hydrogen-bond donors (Lipinski definition) is 2. The van der Waals surface area contributed by atoms with Gasteiger partial charge in [-0.3, -0.25) is 9.59 Å². The molecule has 112 valence electrons. The van der Waals surface area contributed by atoms with Crippen molar-refractivity contribution in [2.75, 3.05) is 19.8 Å². The molecule has 5 nitrogen and oxygen atoms in total. The second kappa shape index (κ2) is 6.03. The average molecular weight is 370 g/mol. The summed E-state index contributed by atoms with van der Waals surface area (Å²) in [6.07, 6.45) is 0. The van der Waals surface area contributed by atoms with Crippen molar-refractivity contribution in [1.29, 1.82) is 0 Å². The summed E-state index contributed by atoms with van der Waals surface area (Å²) in [5.41, 5.74) is 6.50. The van der Waals surface area contributed by atoms with E-state index in [2.05, 4.69) is 21.2 Å². The molecule has 21 heavy (non-hydrogen) atoms. The van der Waals surface area contributed by atoms with E-state index in [1.165, 1.54) is 16.2 Å². The first-order valence-corrected chi connectivity index (χ1v) is 7.91. The van der Waals surface area contributed by atoms with Gasteiger partial charge in [0.2, 0.25) is 5.91 Å². The van der Waals surface area contributed by atoms with Crippen LogP contribution in [0.3, 0.4) is 0 Å². The van der Waals surface area contributed by atoms with Crippen molar-refractivity contribution >= 4 is 54.9 Å². The fraction of sp³-hybridized carbons (Fsp3) is 0.286. The number of anilines is 1. The normalized spacial score (nSPS) is 12.2. The first-order valence-electron chi connectivity index (χ1n) is 6.30. The number of carbonyl (C=O) groups excluding carboxylic acids is 2. The number of amides is 2. The molecule has 0 radical (unpaired) electrons. The van der Waals surface area contributed by atoms with Crippen LogP contribution in [0.5, 0.6) is 0 Å². The van der Waals surface area contributed by atoms with Crippen molar-refractivity contribution in [3.8, 4) is 0 Å². The second-order valence-electron chi connectivity index (χ2n) is 4.91. The van der Waals surface area contributed by atoms with Crippen LogP contribution in [-0.4, -0.2) is 36.9 Å². The Hall–Kier alpha value is -1.60. The third-order valence-electron chi connectivity index (χ3n) is 3.05. The van der Waals surface area contributed by atoms with Crippen molar-refractivity contribution < 1.29 is 9.59 Å². The molecule has 2 amide bonds. The van der Waals surface area contributed by atoms with Gasteiger partial charge in [0.15, 0.2) is 0 Å². The lowest BCUT2D eigenvalue weighted by Crippen LogP contribution is -2.44. The number of carbonyl (C=O) groups is 2. The Balaban J connectivity index is 2.28. The van der Waals surface area contributed by atoms with Gasteiger partial charge in [0.25, 0.3) is 5.91 Å². The van der Waals surface area contributed by atoms with E-state index in [1.807, 2.05) is 18.2 Å². The van der Waals surface area contributed by atoms with Gasteiger partial charge in [-0.2, -0.15) is 0 Å². The standard InChI is InChI=1S/C14H16BrN3O2S/c1-7(14(20)18(2)3)17-13(19)12-11(16)9-6-8(15)4-5-10(9)21-12/h4-7H,16H2,1-3H3,(H,17,19). The summed E-state index contributed by atoms with van der Waals surface area (Å²) in [6, 6.07) is 5.10. The van der Waals surface area contributed by atoms with E-state index < -0.39 is 6.04 Å². The third kappa shape index (κ3) is 3.19. The van der Waals surface area contributed by atoms with E-state index in [9.17, 15) is 9.59 Å². The van der Waals surface area contributed by atoms with Gasteiger partial charge in [-0.05, 0) is 25.1 Å². The molecule has 2 rings (SSSR count). The van der Waals surface area contributed by atoms with Gasteiger partial charge in [0.05, 0.1) is 5.69 Å². The van der Waals surface area contributed by atoms with Crippen LogP contribution in [-0.2, 0) is 4.79 Å². The van der Waals surface area contributed by atoms with Crippen LogP contribution in [0.1, 0.15) is 16.6 Å². The van der Waals surface area contributed by atoms with Crippen LogP contribution < -0.4 is 11.1 Å². The van der Waals surface area contributed by atoms with E-state index in [0.29, 0.717) is 10.6 Å². The van der Waals surface area contributed by atoms with Crippen molar-refractivity contribution in [2.24, 2.45) is 0 Å².